The number of primary sulfonamides is 1. The number of hydrogen-bond donors (Lipinski definition) is 2. The molecule has 1 aliphatic carbocycles. The average Bonchev–Trinajstić information content (AvgIpc) is 2.74. The summed E-state index contributed by atoms with van der Waals surface area (Å²) < 4.78 is 23.1. The minimum Gasteiger partial charge on any atom is -0.388 e. The molecule has 0 amide bonds. The van der Waals surface area contributed by atoms with Crippen LogP contribution in [-0.4, -0.2) is 32.7 Å². The van der Waals surface area contributed by atoms with Crippen LogP contribution in [0.15, 0.2) is 29.2 Å². The average molecular weight is 284 g/mol. The molecule has 19 heavy (non-hydrogen) atoms. The van der Waals surface area contributed by atoms with Gasteiger partial charge in [0.1, 0.15) is 4.90 Å². The first-order chi connectivity index (χ1) is 8.82. The van der Waals surface area contributed by atoms with Crippen LogP contribution in [0.2, 0.25) is 0 Å². The summed E-state index contributed by atoms with van der Waals surface area (Å²) in [4.78, 5) is 1.87. The minimum absolute atomic E-state index is 0.0964. The van der Waals surface area contributed by atoms with E-state index >= 15 is 0 Å². The van der Waals surface area contributed by atoms with E-state index in [2.05, 4.69) is 0 Å². The highest BCUT2D eigenvalue weighted by Gasteiger charge is 2.33. The van der Waals surface area contributed by atoms with Crippen LogP contribution in [-0.2, 0) is 10.0 Å². The Balaban J connectivity index is 2.27. The molecule has 0 aliphatic heterocycles. The number of aliphatic hydroxyl groups is 1. The van der Waals surface area contributed by atoms with Gasteiger partial charge in [0.05, 0.1) is 11.3 Å². The van der Waals surface area contributed by atoms with Crippen LogP contribution in [0.4, 0.5) is 5.69 Å². The quantitative estimate of drug-likeness (QED) is 0.866. The third-order valence-electron chi connectivity index (χ3n) is 3.65. The van der Waals surface area contributed by atoms with Crippen LogP contribution >= 0.6 is 0 Å². The van der Waals surface area contributed by atoms with E-state index in [4.69, 9.17) is 5.14 Å². The number of sulfonamides is 1. The van der Waals surface area contributed by atoms with Crippen LogP contribution in [0.5, 0.6) is 0 Å². The highest BCUT2D eigenvalue weighted by molar-refractivity contribution is 7.89. The highest BCUT2D eigenvalue weighted by atomic mass is 32.2. The summed E-state index contributed by atoms with van der Waals surface area (Å²) in [6.45, 7) is 0.416. The van der Waals surface area contributed by atoms with Crippen molar-refractivity contribution in [1.82, 2.24) is 0 Å². The first-order valence-corrected chi connectivity index (χ1v) is 7.92. The predicted molar refractivity (Wildman–Crippen MR) is 74.5 cm³/mol. The topological polar surface area (TPSA) is 83.6 Å². The number of likely N-dealkylation sites (N-methyl/N-ethyl adjacent to an activating group) is 1. The van der Waals surface area contributed by atoms with Gasteiger partial charge in [0.15, 0.2) is 0 Å². The van der Waals surface area contributed by atoms with E-state index in [0.29, 0.717) is 12.2 Å². The fourth-order valence-corrected chi connectivity index (χ4v) is 3.51. The molecule has 3 N–H and O–H groups in total. The van der Waals surface area contributed by atoms with E-state index in [1.54, 1.807) is 30.1 Å². The highest BCUT2D eigenvalue weighted by Crippen LogP contribution is 2.32. The number of anilines is 1. The molecule has 6 heteroatoms. The van der Waals surface area contributed by atoms with Crippen LogP contribution in [0, 0.1) is 0 Å². The Morgan fingerprint density at radius 2 is 1.89 bits per heavy atom. The van der Waals surface area contributed by atoms with Crippen molar-refractivity contribution in [2.45, 2.75) is 36.2 Å². The van der Waals surface area contributed by atoms with Crippen LogP contribution in [0.3, 0.4) is 0 Å². The van der Waals surface area contributed by atoms with Gasteiger partial charge in [0, 0.05) is 13.6 Å². The molecule has 0 aromatic heterocycles. The SMILES string of the molecule is CN(CC1(O)CCCC1)c1ccccc1S(N)(=O)=O. The number of hydrogen-bond acceptors (Lipinski definition) is 4. The van der Waals surface area contributed by atoms with Crippen molar-refractivity contribution in [3.63, 3.8) is 0 Å². The molecule has 1 aliphatic rings. The number of nitrogens with two attached hydrogens (primary N) is 1. The van der Waals surface area contributed by atoms with Gasteiger partial charge in [-0.05, 0) is 25.0 Å². The zero-order valence-corrected chi connectivity index (χ0v) is 11.9. The molecule has 0 atom stereocenters. The molecule has 2 rings (SSSR count). The Labute approximate surface area is 114 Å². The lowest BCUT2D eigenvalue weighted by molar-refractivity contribution is 0.0558. The third kappa shape index (κ3) is 3.26. The van der Waals surface area contributed by atoms with Gasteiger partial charge < -0.3 is 10.0 Å². The predicted octanol–water partition coefficient (Wildman–Crippen LogP) is 1.08. The molecule has 0 bridgehead atoms. The van der Waals surface area contributed by atoms with Crippen molar-refractivity contribution in [2.75, 3.05) is 18.5 Å². The van der Waals surface area contributed by atoms with Gasteiger partial charge in [0.25, 0.3) is 0 Å². The number of rotatable bonds is 4. The van der Waals surface area contributed by atoms with Gasteiger partial charge in [-0.3, -0.25) is 0 Å². The molecule has 5 nitrogen and oxygen atoms in total. The third-order valence-corrected chi connectivity index (χ3v) is 4.61. The molecule has 1 saturated carbocycles. The Kier molecular flexibility index (Phi) is 3.85. The molecule has 1 aromatic carbocycles. The molecule has 1 fully saturated rings. The molecular weight excluding hydrogens is 264 g/mol. The molecular formula is C13H20N2O3S. The Morgan fingerprint density at radius 3 is 2.47 bits per heavy atom. The largest absolute Gasteiger partial charge is 0.388 e. The summed E-state index contributed by atoms with van der Waals surface area (Å²) in [5, 5.41) is 15.6. The van der Waals surface area contributed by atoms with Crippen molar-refractivity contribution in [1.29, 1.82) is 0 Å². The Bertz CT molecular complexity index is 551. The maximum atomic E-state index is 11.6. The fourth-order valence-electron chi connectivity index (χ4n) is 2.73. The lowest BCUT2D eigenvalue weighted by Gasteiger charge is -2.30. The maximum Gasteiger partial charge on any atom is 0.240 e. The molecule has 0 spiro atoms. The van der Waals surface area contributed by atoms with Gasteiger partial charge in [-0.25, -0.2) is 13.6 Å². The molecule has 0 unspecified atom stereocenters. The van der Waals surface area contributed by atoms with Crippen LogP contribution in [0.25, 0.3) is 0 Å². The van der Waals surface area contributed by atoms with Crippen molar-refractivity contribution < 1.29 is 13.5 Å². The minimum atomic E-state index is -3.76. The van der Waals surface area contributed by atoms with Crippen molar-refractivity contribution in [2.24, 2.45) is 5.14 Å². The van der Waals surface area contributed by atoms with Crippen LogP contribution < -0.4 is 10.0 Å². The second-order valence-electron chi connectivity index (χ2n) is 5.30. The van der Waals surface area contributed by atoms with E-state index in [1.807, 2.05) is 0 Å². The van der Waals surface area contributed by atoms with Gasteiger partial charge in [-0.15, -0.1) is 0 Å². The zero-order chi connectivity index (χ0) is 14.1. The monoisotopic (exact) mass is 284 g/mol. The lowest BCUT2D eigenvalue weighted by atomic mass is 10.0. The van der Waals surface area contributed by atoms with E-state index in [-0.39, 0.29) is 4.90 Å². The lowest BCUT2D eigenvalue weighted by Crippen LogP contribution is -2.39. The zero-order valence-electron chi connectivity index (χ0n) is 11.0. The Hall–Kier alpha value is -1.11. The van der Waals surface area contributed by atoms with E-state index in [9.17, 15) is 13.5 Å². The van der Waals surface area contributed by atoms with Crippen molar-refractivity contribution in [3.8, 4) is 0 Å². The summed E-state index contributed by atoms with van der Waals surface area (Å²) in [7, 11) is -1.98. The number of benzene rings is 1. The summed E-state index contributed by atoms with van der Waals surface area (Å²) in [6.07, 6.45) is 3.55. The molecule has 0 radical (unpaired) electrons. The van der Waals surface area contributed by atoms with Gasteiger partial charge in [-0.1, -0.05) is 25.0 Å². The maximum absolute atomic E-state index is 11.6. The van der Waals surface area contributed by atoms with Gasteiger partial charge in [-0.2, -0.15) is 0 Å². The Morgan fingerprint density at radius 1 is 1.32 bits per heavy atom. The van der Waals surface area contributed by atoms with Crippen LogP contribution in [0.1, 0.15) is 25.7 Å². The molecule has 0 saturated heterocycles. The smallest absolute Gasteiger partial charge is 0.240 e. The summed E-state index contributed by atoms with van der Waals surface area (Å²) in [6, 6.07) is 6.60. The fraction of sp³-hybridized carbons (Fsp3) is 0.538. The molecule has 106 valence electrons. The van der Waals surface area contributed by atoms with Crippen molar-refractivity contribution in [3.05, 3.63) is 24.3 Å². The van der Waals surface area contributed by atoms with Crippen molar-refractivity contribution >= 4 is 15.7 Å². The van der Waals surface area contributed by atoms with E-state index in [1.165, 1.54) is 6.07 Å². The number of nitrogens with zero attached hydrogens (tertiary/aromatic N) is 1. The second kappa shape index (κ2) is 5.11. The summed E-state index contributed by atoms with van der Waals surface area (Å²) in [5.74, 6) is 0. The normalized spacial score (nSPS) is 18.5. The standard InChI is InChI=1S/C13H20N2O3S/c1-15(10-13(16)8-4-5-9-13)11-6-2-3-7-12(11)19(14,17)18/h2-3,6-7,16H,4-5,8-10H2,1H3,(H2,14,17,18). The molecule has 0 heterocycles. The second-order valence-corrected chi connectivity index (χ2v) is 6.83. The van der Waals surface area contributed by atoms with E-state index in [0.717, 1.165) is 25.7 Å². The first kappa shape index (κ1) is 14.3. The van der Waals surface area contributed by atoms with Gasteiger partial charge in [0.2, 0.25) is 10.0 Å². The summed E-state index contributed by atoms with van der Waals surface area (Å²) >= 11 is 0. The number of para-hydroxylation sites is 1. The molecule has 1 aromatic rings. The first-order valence-electron chi connectivity index (χ1n) is 6.37. The summed E-state index contributed by atoms with van der Waals surface area (Å²) in [5.41, 5.74) is -0.189. The van der Waals surface area contributed by atoms with E-state index < -0.39 is 15.6 Å². The van der Waals surface area contributed by atoms with Gasteiger partial charge >= 0.3 is 0 Å².